The van der Waals surface area contributed by atoms with E-state index >= 15 is 0 Å². The van der Waals surface area contributed by atoms with Gasteiger partial charge in [-0.05, 0) is 49.9 Å². The molecule has 0 radical (unpaired) electrons. The lowest BCUT2D eigenvalue weighted by atomic mass is 9.99. The van der Waals surface area contributed by atoms with Crippen LogP contribution >= 0.6 is 0 Å². The van der Waals surface area contributed by atoms with Gasteiger partial charge in [-0.25, -0.2) is 12.7 Å². The third-order valence-electron chi connectivity index (χ3n) is 4.48. The Morgan fingerprint density at radius 1 is 1.10 bits per heavy atom. The van der Waals surface area contributed by atoms with Crippen molar-refractivity contribution in [3.63, 3.8) is 0 Å². The Morgan fingerprint density at radius 3 is 2.19 bits per heavy atom. The number of fused-ring (bicyclic) bond motifs is 2. The molecule has 2 atom stereocenters. The van der Waals surface area contributed by atoms with Crippen molar-refractivity contribution in [1.29, 1.82) is 0 Å². The van der Waals surface area contributed by atoms with Crippen molar-refractivity contribution in [3.05, 3.63) is 24.3 Å². The number of piperidine rings is 1. The lowest BCUT2D eigenvalue weighted by Crippen LogP contribution is -2.43. The predicted molar refractivity (Wildman–Crippen MR) is 83.9 cm³/mol. The highest BCUT2D eigenvalue weighted by Crippen LogP contribution is 2.29. The van der Waals surface area contributed by atoms with E-state index in [4.69, 9.17) is 0 Å². The molecule has 3 rings (SSSR count). The van der Waals surface area contributed by atoms with Crippen molar-refractivity contribution < 1.29 is 8.42 Å². The molecule has 2 fully saturated rings. The van der Waals surface area contributed by atoms with Crippen molar-refractivity contribution in [3.8, 4) is 0 Å². The van der Waals surface area contributed by atoms with Gasteiger partial charge >= 0.3 is 0 Å². The molecule has 2 N–H and O–H groups in total. The Morgan fingerprint density at radius 2 is 1.67 bits per heavy atom. The number of anilines is 1. The summed E-state index contributed by atoms with van der Waals surface area (Å²) < 4.78 is 25.3. The van der Waals surface area contributed by atoms with Crippen molar-refractivity contribution in [2.45, 2.75) is 48.7 Å². The van der Waals surface area contributed by atoms with Crippen LogP contribution in [0.3, 0.4) is 0 Å². The van der Waals surface area contributed by atoms with E-state index in [1.807, 2.05) is 12.1 Å². The highest BCUT2D eigenvalue weighted by atomic mass is 32.2. The van der Waals surface area contributed by atoms with Crippen LogP contribution in [0.25, 0.3) is 0 Å². The number of benzene rings is 1. The highest BCUT2D eigenvalue weighted by Gasteiger charge is 2.33. The second kappa shape index (κ2) is 5.59. The summed E-state index contributed by atoms with van der Waals surface area (Å²) in [5.74, 6) is 0. The van der Waals surface area contributed by atoms with Gasteiger partial charge in [-0.2, -0.15) is 0 Å². The lowest BCUT2D eigenvalue weighted by Gasteiger charge is -2.30. The average Bonchev–Trinajstić information content (AvgIpc) is 2.78. The first-order valence-electron chi connectivity index (χ1n) is 7.50. The zero-order valence-corrected chi connectivity index (χ0v) is 13.4. The smallest absolute Gasteiger partial charge is 0.242 e. The van der Waals surface area contributed by atoms with Crippen LogP contribution in [0, 0.1) is 0 Å². The van der Waals surface area contributed by atoms with Crippen molar-refractivity contribution in [2.24, 2.45) is 0 Å². The zero-order valence-electron chi connectivity index (χ0n) is 12.5. The molecule has 1 aromatic rings. The normalized spacial score (nSPS) is 28.8. The molecule has 21 heavy (non-hydrogen) atoms. The van der Waals surface area contributed by atoms with Gasteiger partial charge in [-0.15, -0.1) is 0 Å². The van der Waals surface area contributed by atoms with E-state index in [0.29, 0.717) is 23.0 Å². The fourth-order valence-electron chi connectivity index (χ4n) is 3.34. The molecule has 0 saturated carbocycles. The summed E-state index contributed by atoms with van der Waals surface area (Å²) in [6, 6.07) is 8.85. The fraction of sp³-hybridized carbons (Fsp3) is 0.600. The molecule has 2 heterocycles. The highest BCUT2D eigenvalue weighted by molar-refractivity contribution is 7.89. The Bertz CT molecular complexity index is 586. The lowest BCUT2D eigenvalue weighted by molar-refractivity contribution is 0.378. The molecular weight excluding hydrogens is 286 g/mol. The van der Waals surface area contributed by atoms with Crippen LogP contribution in [0.4, 0.5) is 5.69 Å². The van der Waals surface area contributed by atoms with Gasteiger partial charge in [-0.1, -0.05) is 0 Å². The fourth-order valence-corrected chi connectivity index (χ4v) is 4.25. The second-order valence-corrected chi connectivity index (χ2v) is 8.41. The molecule has 1 aromatic carbocycles. The molecule has 2 bridgehead atoms. The van der Waals surface area contributed by atoms with E-state index in [1.54, 1.807) is 26.2 Å². The van der Waals surface area contributed by atoms with Gasteiger partial charge in [0.05, 0.1) is 4.90 Å². The Labute approximate surface area is 126 Å². The summed E-state index contributed by atoms with van der Waals surface area (Å²) in [4.78, 5) is 0.337. The number of rotatable bonds is 4. The van der Waals surface area contributed by atoms with E-state index in [9.17, 15) is 8.42 Å². The molecule has 2 saturated heterocycles. The Kier molecular flexibility index (Phi) is 3.94. The standard InChI is InChI=1S/C15H23N3O2S/c1-18(2)21(19,20)15-7-5-11(6-8-15)16-14-9-12-3-4-13(10-14)17-12/h5-8,12-14,16-17H,3-4,9-10H2,1-2H3. The topological polar surface area (TPSA) is 61.4 Å². The molecule has 2 aliphatic rings. The largest absolute Gasteiger partial charge is 0.382 e. The first kappa shape index (κ1) is 14.8. The molecule has 6 heteroatoms. The van der Waals surface area contributed by atoms with Crippen molar-refractivity contribution >= 4 is 15.7 Å². The first-order chi connectivity index (χ1) is 9.95. The maximum Gasteiger partial charge on any atom is 0.242 e. The van der Waals surface area contributed by atoms with E-state index in [2.05, 4.69) is 10.6 Å². The van der Waals surface area contributed by atoms with Gasteiger partial charge in [0, 0.05) is 37.9 Å². The van der Waals surface area contributed by atoms with Gasteiger partial charge in [0.25, 0.3) is 0 Å². The minimum absolute atomic E-state index is 0.337. The van der Waals surface area contributed by atoms with E-state index in [1.165, 1.54) is 17.1 Å². The molecule has 116 valence electrons. The SMILES string of the molecule is CN(C)S(=O)(=O)c1ccc(NC2CC3CCC(C2)N3)cc1. The van der Waals surface area contributed by atoms with Crippen LogP contribution in [0.1, 0.15) is 25.7 Å². The van der Waals surface area contributed by atoms with E-state index < -0.39 is 10.0 Å². The van der Waals surface area contributed by atoms with Gasteiger partial charge < -0.3 is 10.6 Å². The van der Waals surface area contributed by atoms with Crippen LogP contribution in [-0.2, 0) is 10.0 Å². The zero-order chi connectivity index (χ0) is 15.0. The molecule has 0 spiro atoms. The minimum Gasteiger partial charge on any atom is -0.382 e. The average molecular weight is 309 g/mol. The van der Waals surface area contributed by atoms with Crippen LogP contribution in [0.15, 0.2) is 29.2 Å². The summed E-state index contributed by atoms with van der Waals surface area (Å²) in [6.45, 7) is 0. The quantitative estimate of drug-likeness (QED) is 0.887. The van der Waals surface area contributed by atoms with Crippen LogP contribution in [0.5, 0.6) is 0 Å². The Balaban J connectivity index is 1.68. The molecule has 2 aliphatic heterocycles. The summed E-state index contributed by atoms with van der Waals surface area (Å²) in [5.41, 5.74) is 0.999. The van der Waals surface area contributed by atoms with Gasteiger partial charge in [0.2, 0.25) is 10.0 Å². The maximum absolute atomic E-state index is 12.0. The van der Waals surface area contributed by atoms with E-state index in [0.717, 1.165) is 18.5 Å². The summed E-state index contributed by atoms with van der Waals surface area (Å²) in [7, 11) is -0.243. The maximum atomic E-state index is 12.0. The summed E-state index contributed by atoms with van der Waals surface area (Å²) in [6.07, 6.45) is 4.86. The van der Waals surface area contributed by atoms with Gasteiger partial charge in [0.15, 0.2) is 0 Å². The van der Waals surface area contributed by atoms with Crippen LogP contribution < -0.4 is 10.6 Å². The number of nitrogens with one attached hydrogen (secondary N) is 2. The van der Waals surface area contributed by atoms with Crippen molar-refractivity contribution in [1.82, 2.24) is 9.62 Å². The number of hydrogen-bond acceptors (Lipinski definition) is 4. The van der Waals surface area contributed by atoms with Crippen molar-refractivity contribution in [2.75, 3.05) is 19.4 Å². The third kappa shape index (κ3) is 3.07. The monoisotopic (exact) mass is 309 g/mol. The summed E-state index contributed by atoms with van der Waals surface area (Å²) in [5, 5.41) is 7.16. The molecule has 2 unspecified atom stereocenters. The second-order valence-electron chi connectivity index (χ2n) is 6.26. The molecule has 5 nitrogen and oxygen atoms in total. The first-order valence-corrected chi connectivity index (χ1v) is 8.94. The predicted octanol–water partition coefficient (Wildman–Crippen LogP) is 1.63. The van der Waals surface area contributed by atoms with Crippen LogP contribution in [0.2, 0.25) is 0 Å². The van der Waals surface area contributed by atoms with E-state index in [-0.39, 0.29) is 0 Å². The minimum atomic E-state index is -3.34. The Hall–Kier alpha value is -1.11. The number of nitrogens with zero attached hydrogens (tertiary/aromatic N) is 1. The third-order valence-corrected chi connectivity index (χ3v) is 6.31. The summed E-state index contributed by atoms with van der Waals surface area (Å²) >= 11 is 0. The molecule has 0 amide bonds. The molecule has 0 aliphatic carbocycles. The van der Waals surface area contributed by atoms with Gasteiger partial charge in [-0.3, -0.25) is 0 Å². The molecular formula is C15H23N3O2S. The van der Waals surface area contributed by atoms with Crippen LogP contribution in [-0.4, -0.2) is 44.9 Å². The molecule has 0 aromatic heterocycles. The van der Waals surface area contributed by atoms with Gasteiger partial charge in [0.1, 0.15) is 0 Å². The number of hydrogen-bond donors (Lipinski definition) is 2. The number of sulfonamides is 1.